The number of phenolic OH excluding ortho intramolecular Hbond substituents is 1. The molecule has 0 aromatic heterocycles. The Hall–Kier alpha value is -4.08. The number of carbonyl (C=O) groups is 4. The maximum atomic E-state index is 14.4. The molecule has 0 fully saturated rings. The highest BCUT2D eigenvalue weighted by molar-refractivity contribution is 5.99. The van der Waals surface area contributed by atoms with Gasteiger partial charge in [0, 0.05) is 18.2 Å². The average Bonchev–Trinajstić information content (AvgIpc) is 2.87. The molecule has 42 heavy (non-hydrogen) atoms. The maximum Gasteiger partial charge on any atom is 0.408 e. The molecule has 10 nitrogen and oxygen atoms in total. The highest BCUT2D eigenvalue weighted by Crippen LogP contribution is 2.31. The second-order valence-electron chi connectivity index (χ2n) is 12.1. The Morgan fingerprint density at radius 1 is 0.976 bits per heavy atom. The molecule has 10 heteroatoms. The van der Waals surface area contributed by atoms with Crippen molar-refractivity contribution in [2.45, 2.75) is 97.9 Å². The number of aromatic hydroxyl groups is 1. The largest absolute Gasteiger partial charge is 0.508 e. The Labute approximate surface area is 249 Å². The molecule has 0 heterocycles. The van der Waals surface area contributed by atoms with Crippen LogP contribution in [0.3, 0.4) is 0 Å². The Balaban J connectivity index is 2.65. The summed E-state index contributed by atoms with van der Waals surface area (Å²) in [6, 6.07) is 10.6. The third-order valence-electron chi connectivity index (χ3n) is 6.68. The van der Waals surface area contributed by atoms with E-state index in [2.05, 4.69) is 24.5 Å². The van der Waals surface area contributed by atoms with E-state index in [0.717, 1.165) is 12.0 Å². The van der Waals surface area contributed by atoms with Crippen molar-refractivity contribution in [2.75, 3.05) is 5.32 Å². The molecule has 0 saturated heterocycles. The van der Waals surface area contributed by atoms with Crippen molar-refractivity contribution in [2.24, 2.45) is 11.7 Å². The zero-order valence-corrected chi connectivity index (χ0v) is 25.8. The number of primary amides is 1. The van der Waals surface area contributed by atoms with E-state index < -0.39 is 47.5 Å². The van der Waals surface area contributed by atoms with Crippen LogP contribution < -0.4 is 16.4 Å². The van der Waals surface area contributed by atoms with Crippen LogP contribution in [-0.2, 0) is 19.1 Å². The predicted molar refractivity (Wildman–Crippen MR) is 163 cm³/mol. The van der Waals surface area contributed by atoms with Gasteiger partial charge in [-0.25, -0.2) is 4.79 Å². The zero-order valence-electron chi connectivity index (χ0n) is 25.8. The lowest BCUT2D eigenvalue weighted by Crippen LogP contribution is -2.55. The minimum Gasteiger partial charge on any atom is -0.508 e. The Bertz CT molecular complexity index is 1240. The molecule has 2 rings (SSSR count). The van der Waals surface area contributed by atoms with Crippen molar-refractivity contribution in [3.8, 4) is 5.75 Å². The molecule has 2 aromatic carbocycles. The SMILES string of the molecule is Cc1ccccc1NC(=O)C(c1cccc(O)c1)N(C(=O)C(CCC(N)=O)NC(=O)OC(C)(C)C)C(C)CCC(C)C. The standard InChI is InChI=1S/C32H46N4O6/c1-20(2)15-16-22(4)36(30(40)26(17-18-27(33)38)35-31(41)42-32(5,6)7)28(23-12-10-13-24(37)19-23)29(39)34-25-14-9-8-11-21(25)3/h8-14,19-20,22,26,28,37H,15-18H2,1-7H3,(H2,33,38)(H,34,39)(H,35,41). The van der Waals surface area contributed by atoms with E-state index in [9.17, 15) is 24.3 Å². The van der Waals surface area contributed by atoms with Gasteiger partial charge < -0.3 is 31.1 Å². The summed E-state index contributed by atoms with van der Waals surface area (Å²) < 4.78 is 5.40. The van der Waals surface area contributed by atoms with Crippen molar-refractivity contribution in [1.82, 2.24) is 10.2 Å². The Kier molecular flexibility index (Phi) is 12.4. The van der Waals surface area contributed by atoms with Crippen LogP contribution in [-0.4, -0.2) is 51.5 Å². The number of ether oxygens (including phenoxy) is 1. The van der Waals surface area contributed by atoms with Gasteiger partial charge in [0.15, 0.2) is 0 Å². The number of hydrogen-bond acceptors (Lipinski definition) is 6. The fourth-order valence-electron chi connectivity index (χ4n) is 4.53. The van der Waals surface area contributed by atoms with Crippen molar-refractivity contribution in [3.05, 3.63) is 59.7 Å². The summed E-state index contributed by atoms with van der Waals surface area (Å²) >= 11 is 0. The molecule has 0 spiro atoms. The number of amides is 4. The van der Waals surface area contributed by atoms with Gasteiger partial charge in [-0.05, 0) is 89.1 Å². The first-order valence-corrected chi connectivity index (χ1v) is 14.3. The van der Waals surface area contributed by atoms with Crippen LogP contribution in [0.25, 0.3) is 0 Å². The first kappa shape index (κ1) is 34.1. The molecule has 0 radical (unpaired) electrons. The summed E-state index contributed by atoms with van der Waals surface area (Å²) in [6.45, 7) is 12.9. The summed E-state index contributed by atoms with van der Waals surface area (Å²) in [5.41, 5.74) is 6.37. The monoisotopic (exact) mass is 582 g/mol. The number of para-hydroxylation sites is 1. The lowest BCUT2D eigenvalue weighted by atomic mass is 9.96. The molecule has 4 amide bonds. The molecular weight excluding hydrogens is 536 g/mol. The number of benzene rings is 2. The highest BCUT2D eigenvalue weighted by atomic mass is 16.6. The summed E-state index contributed by atoms with van der Waals surface area (Å²) in [5, 5.41) is 15.9. The van der Waals surface area contributed by atoms with E-state index in [1.54, 1.807) is 45.0 Å². The lowest BCUT2D eigenvalue weighted by molar-refractivity contribution is -0.143. The summed E-state index contributed by atoms with van der Waals surface area (Å²) in [5.74, 6) is -1.45. The smallest absolute Gasteiger partial charge is 0.408 e. The number of nitrogens with zero attached hydrogens (tertiary/aromatic N) is 1. The topological polar surface area (TPSA) is 151 Å². The van der Waals surface area contributed by atoms with Gasteiger partial charge in [0.2, 0.25) is 11.8 Å². The maximum absolute atomic E-state index is 14.4. The quantitative estimate of drug-likeness (QED) is 0.255. The molecule has 0 saturated carbocycles. The number of rotatable bonds is 13. The summed E-state index contributed by atoms with van der Waals surface area (Å²) in [4.78, 5) is 54.5. The van der Waals surface area contributed by atoms with Gasteiger partial charge in [-0.2, -0.15) is 0 Å². The average molecular weight is 583 g/mol. The van der Waals surface area contributed by atoms with Crippen LogP contribution in [0.15, 0.2) is 48.5 Å². The van der Waals surface area contributed by atoms with Crippen LogP contribution in [0.1, 0.15) is 84.4 Å². The molecular formula is C32H46N4O6. The first-order valence-electron chi connectivity index (χ1n) is 14.3. The number of aryl methyl sites for hydroxylation is 1. The van der Waals surface area contributed by atoms with Gasteiger partial charge in [-0.3, -0.25) is 14.4 Å². The van der Waals surface area contributed by atoms with Crippen LogP contribution in [0.2, 0.25) is 0 Å². The zero-order chi connectivity index (χ0) is 31.6. The number of nitrogens with two attached hydrogens (primary N) is 1. The number of nitrogens with one attached hydrogen (secondary N) is 2. The highest BCUT2D eigenvalue weighted by Gasteiger charge is 2.39. The minimum atomic E-state index is -1.21. The van der Waals surface area contributed by atoms with Gasteiger partial charge >= 0.3 is 6.09 Å². The molecule has 0 aliphatic heterocycles. The minimum absolute atomic E-state index is 0.0689. The number of phenols is 1. The van der Waals surface area contributed by atoms with Crippen LogP contribution >= 0.6 is 0 Å². The van der Waals surface area contributed by atoms with Gasteiger partial charge in [0.05, 0.1) is 0 Å². The third kappa shape index (κ3) is 10.7. The van der Waals surface area contributed by atoms with Gasteiger partial charge in [0.1, 0.15) is 23.4 Å². The van der Waals surface area contributed by atoms with E-state index in [-0.39, 0.29) is 18.6 Å². The fourth-order valence-corrected chi connectivity index (χ4v) is 4.53. The normalized spacial score (nSPS) is 13.5. The second kappa shape index (κ2) is 15.2. The molecule has 2 aromatic rings. The number of hydrogen-bond donors (Lipinski definition) is 4. The first-order chi connectivity index (χ1) is 19.6. The van der Waals surface area contributed by atoms with E-state index in [1.807, 2.05) is 26.0 Å². The van der Waals surface area contributed by atoms with Gasteiger partial charge in [0.25, 0.3) is 5.91 Å². The van der Waals surface area contributed by atoms with Gasteiger partial charge in [-0.15, -0.1) is 0 Å². The molecule has 0 bridgehead atoms. The van der Waals surface area contributed by atoms with Crippen LogP contribution in [0.4, 0.5) is 10.5 Å². The summed E-state index contributed by atoms with van der Waals surface area (Å²) in [6.07, 6.45) is 0.228. The molecule has 3 unspecified atom stereocenters. The number of anilines is 1. The molecule has 0 aliphatic rings. The van der Waals surface area contributed by atoms with Crippen molar-refractivity contribution < 1.29 is 29.0 Å². The molecule has 230 valence electrons. The number of alkyl carbamates (subject to hydrolysis) is 1. The molecule has 5 N–H and O–H groups in total. The molecule has 0 aliphatic carbocycles. The Morgan fingerprint density at radius 3 is 2.21 bits per heavy atom. The van der Waals surface area contributed by atoms with Crippen LogP contribution in [0.5, 0.6) is 5.75 Å². The van der Waals surface area contributed by atoms with Crippen molar-refractivity contribution in [1.29, 1.82) is 0 Å². The predicted octanol–water partition coefficient (Wildman–Crippen LogP) is 5.19. The lowest BCUT2D eigenvalue weighted by Gasteiger charge is -2.39. The Morgan fingerprint density at radius 2 is 1.64 bits per heavy atom. The molecule has 3 atom stereocenters. The summed E-state index contributed by atoms with van der Waals surface area (Å²) in [7, 11) is 0. The van der Waals surface area contributed by atoms with Crippen molar-refractivity contribution >= 4 is 29.5 Å². The van der Waals surface area contributed by atoms with E-state index >= 15 is 0 Å². The number of carbonyl (C=O) groups excluding carboxylic acids is 4. The van der Waals surface area contributed by atoms with E-state index in [1.165, 1.54) is 17.0 Å². The van der Waals surface area contributed by atoms with E-state index in [0.29, 0.717) is 23.6 Å². The van der Waals surface area contributed by atoms with Crippen molar-refractivity contribution in [3.63, 3.8) is 0 Å². The van der Waals surface area contributed by atoms with Gasteiger partial charge in [-0.1, -0.05) is 44.2 Å². The van der Waals surface area contributed by atoms with Crippen LogP contribution in [0, 0.1) is 12.8 Å². The second-order valence-corrected chi connectivity index (χ2v) is 12.1. The fraction of sp³-hybridized carbons (Fsp3) is 0.500. The third-order valence-corrected chi connectivity index (χ3v) is 6.68. The van der Waals surface area contributed by atoms with E-state index in [4.69, 9.17) is 10.5 Å².